The van der Waals surface area contributed by atoms with Crippen molar-refractivity contribution in [1.82, 2.24) is 0 Å². The summed E-state index contributed by atoms with van der Waals surface area (Å²) in [5.41, 5.74) is 0.268. The molecule has 3 unspecified atom stereocenters. The molecular weight excluding hydrogens is 348 g/mol. The minimum Gasteiger partial charge on any atom is -0.462 e. The zero-order chi connectivity index (χ0) is 19.4. The lowest BCUT2D eigenvalue weighted by Gasteiger charge is -2.58. The fourth-order valence-electron chi connectivity index (χ4n) is 6.31. The van der Waals surface area contributed by atoms with Crippen LogP contribution in [-0.2, 0) is 14.3 Å². The molecular formula is C21H32O6. The first-order valence-electron chi connectivity index (χ1n) is 10.3. The van der Waals surface area contributed by atoms with Crippen LogP contribution in [0.25, 0.3) is 0 Å². The van der Waals surface area contributed by atoms with Crippen molar-refractivity contribution in [1.29, 1.82) is 0 Å². The van der Waals surface area contributed by atoms with Gasteiger partial charge in [-0.2, -0.15) is 0 Å². The van der Waals surface area contributed by atoms with Gasteiger partial charge in [0, 0.05) is 17.8 Å². The Hall–Kier alpha value is -0.950. The van der Waals surface area contributed by atoms with Gasteiger partial charge in [0.15, 0.2) is 0 Å². The van der Waals surface area contributed by atoms with Crippen LogP contribution in [0.2, 0.25) is 0 Å². The summed E-state index contributed by atoms with van der Waals surface area (Å²) >= 11 is 0. The summed E-state index contributed by atoms with van der Waals surface area (Å²) in [5, 5.41) is 31.4. The highest BCUT2D eigenvalue weighted by atomic mass is 16.6. The van der Waals surface area contributed by atoms with Gasteiger partial charge in [-0.15, -0.1) is 0 Å². The molecule has 27 heavy (non-hydrogen) atoms. The molecule has 6 nitrogen and oxygen atoms in total. The van der Waals surface area contributed by atoms with Crippen molar-refractivity contribution in [3.05, 3.63) is 11.6 Å². The summed E-state index contributed by atoms with van der Waals surface area (Å²) in [7, 11) is 0. The lowest BCUT2D eigenvalue weighted by atomic mass is 9.54. The second kappa shape index (κ2) is 6.83. The van der Waals surface area contributed by atoms with E-state index in [0.717, 1.165) is 24.8 Å². The molecule has 1 heterocycles. The molecule has 2 saturated carbocycles. The number of fused-ring (bicyclic) bond motifs is 5. The lowest BCUT2D eigenvalue weighted by molar-refractivity contribution is -0.225. The molecule has 3 fully saturated rings. The minimum absolute atomic E-state index is 0.0485. The topological polar surface area (TPSA) is 96.2 Å². The average molecular weight is 380 g/mol. The van der Waals surface area contributed by atoms with Crippen molar-refractivity contribution in [2.24, 2.45) is 22.7 Å². The van der Waals surface area contributed by atoms with E-state index >= 15 is 0 Å². The van der Waals surface area contributed by atoms with Crippen molar-refractivity contribution in [2.45, 2.75) is 76.8 Å². The standard InChI is InChI=1S/C21H32O6/c1-3-17(25)27-16-5-4-14-18-15(24)9-12-8-13(23)6-7-20(12,2)19(18)26-11-21(14,16)10-22/h9,13-16,18-19,22-24H,3-8,10-11H2,1-2H3/t13-,14?,15-,16-,18?,19?,20-,21-/m0/s1. The third-order valence-electron chi connectivity index (χ3n) is 7.90. The van der Waals surface area contributed by atoms with Crippen molar-refractivity contribution in [2.75, 3.05) is 13.2 Å². The van der Waals surface area contributed by atoms with E-state index in [4.69, 9.17) is 9.47 Å². The number of carbonyl (C=O) groups excluding carboxylic acids is 1. The molecule has 0 bridgehead atoms. The van der Waals surface area contributed by atoms with Gasteiger partial charge < -0.3 is 24.8 Å². The van der Waals surface area contributed by atoms with E-state index in [1.54, 1.807) is 6.92 Å². The van der Waals surface area contributed by atoms with E-state index in [0.29, 0.717) is 25.9 Å². The van der Waals surface area contributed by atoms with Gasteiger partial charge in [-0.1, -0.05) is 25.5 Å². The van der Waals surface area contributed by atoms with Crippen molar-refractivity contribution in [3.8, 4) is 0 Å². The molecule has 152 valence electrons. The molecule has 0 aromatic rings. The van der Waals surface area contributed by atoms with E-state index in [1.807, 2.05) is 6.08 Å². The van der Waals surface area contributed by atoms with E-state index in [-0.39, 0.29) is 48.1 Å². The Bertz CT molecular complexity index is 632. The second-order valence-corrected chi connectivity index (χ2v) is 9.21. The summed E-state index contributed by atoms with van der Waals surface area (Å²) in [6, 6.07) is 0. The van der Waals surface area contributed by atoms with E-state index < -0.39 is 11.5 Å². The van der Waals surface area contributed by atoms with Crippen LogP contribution >= 0.6 is 0 Å². The largest absolute Gasteiger partial charge is 0.462 e. The molecule has 1 saturated heterocycles. The summed E-state index contributed by atoms with van der Waals surface area (Å²) in [4.78, 5) is 11.9. The third kappa shape index (κ3) is 2.79. The van der Waals surface area contributed by atoms with Crippen LogP contribution < -0.4 is 0 Å². The van der Waals surface area contributed by atoms with Gasteiger partial charge in [-0.05, 0) is 38.0 Å². The predicted molar refractivity (Wildman–Crippen MR) is 97.7 cm³/mol. The smallest absolute Gasteiger partial charge is 0.305 e. The van der Waals surface area contributed by atoms with Gasteiger partial charge >= 0.3 is 5.97 Å². The molecule has 1 aliphatic heterocycles. The Morgan fingerprint density at radius 1 is 1.33 bits per heavy atom. The Kier molecular flexibility index (Phi) is 4.90. The second-order valence-electron chi connectivity index (χ2n) is 9.21. The molecule has 6 heteroatoms. The molecule has 0 aromatic heterocycles. The van der Waals surface area contributed by atoms with Crippen molar-refractivity contribution in [3.63, 3.8) is 0 Å². The van der Waals surface area contributed by atoms with Crippen LogP contribution in [0.1, 0.15) is 52.4 Å². The molecule has 0 aromatic carbocycles. The lowest BCUT2D eigenvalue weighted by Crippen LogP contribution is -2.62. The Labute approximate surface area is 160 Å². The molecule has 3 aliphatic carbocycles. The molecule has 4 rings (SSSR count). The molecule has 8 atom stereocenters. The van der Waals surface area contributed by atoms with Crippen LogP contribution in [0.4, 0.5) is 0 Å². The highest BCUT2D eigenvalue weighted by Crippen LogP contribution is 2.60. The highest BCUT2D eigenvalue weighted by Gasteiger charge is 2.64. The first-order chi connectivity index (χ1) is 12.9. The number of aliphatic hydroxyl groups is 3. The maximum Gasteiger partial charge on any atom is 0.305 e. The van der Waals surface area contributed by atoms with Gasteiger partial charge in [0.05, 0.1) is 36.9 Å². The number of hydrogen-bond donors (Lipinski definition) is 3. The van der Waals surface area contributed by atoms with Crippen LogP contribution in [0, 0.1) is 22.7 Å². The third-order valence-corrected chi connectivity index (χ3v) is 7.90. The van der Waals surface area contributed by atoms with E-state index in [9.17, 15) is 20.1 Å². The number of hydrogen-bond acceptors (Lipinski definition) is 6. The van der Waals surface area contributed by atoms with Gasteiger partial charge in [-0.3, -0.25) is 4.79 Å². The average Bonchev–Trinajstić information content (AvgIpc) is 3.02. The number of esters is 1. The highest BCUT2D eigenvalue weighted by molar-refractivity contribution is 5.69. The molecule has 0 amide bonds. The summed E-state index contributed by atoms with van der Waals surface area (Å²) in [6.45, 7) is 4.18. The normalized spacial score (nSPS) is 48.9. The van der Waals surface area contributed by atoms with Gasteiger partial charge in [0.1, 0.15) is 6.10 Å². The quantitative estimate of drug-likeness (QED) is 0.508. The van der Waals surface area contributed by atoms with Crippen molar-refractivity contribution >= 4 is 5.97 Å². The number of carbonyl (C=O) groups is 1. The number of ether oxygens (including phenoxy) is 2. The first kappa shape index (κ1) is 19.4. The number of aliphatic hydroxyl groups excluding tert-OH is 3. The SMILES string of the molecule is CCC(=O)O[C@H]1CCC2C3C(OC[C@@]21CO)[C@@]1(C)CC[C@H](O)CC1=C[C@@H]3O. The summed E-state index contributed by atoms with van der Waals surface area (Å²) < 4.78 is 12.1. The monoisotopic (exact) mass is 380 g/mol. The van der Waals surface area contributed by atoms with Crippen molar-refractivity contribution < 1.29 is 29.6 Å². The van der Waals surface area contributed by atoms with Gasteiger partial charge in [0.25, 0.3) is 0 Å². The fraction of sp³-hybridized carbons (Fsp3) is 0.857. The summed E-state index contributed by atoms with van der Waals surface area (Å²) in [5.74, 6) is -0.331. The molecule has 0 spiro atoms. The van der Waals surface area contributed by atoms with Gasteiger partial charge in [-0.25, -0.2) is 0 Å². The zero-order valence-corrected chi connectivity index (χ0v) is 16.3. The first-order valence-corrected chi connectivity index (χ1v) is 10.3. The van der Waals surface area contributed by atoms with E-state index in [2.05, 4.69) is 6.92 Å². The summed E-state index contributed by atoms with van der Waals surface area (Å²) in [6.07, 6.45) is 4.39. The molecule has 4 aliphatic rings. The maximum absolute atomic E-state index is 11.9. The van der Waals surface area contributed by atoms with E-state index in [1.165, 1.54) is 0 Å². The Morgan fingerprint density at radius 3 is 2.81 bits per heavy atom. The van der Waals surface area contributed by atoms with Gasteiger partial charge in [0.2, 0.25) is 0 Å². The Morgan fingerprint density at radius 2 is 2.11 bits per heavy atom. The number of rotatable bonds is 3. The molecule has 3 N–H and O–H groups in total. The van der Waals surface area contributed by atoms with Crippen LogP contribution in [0.15, 0.2) is 11.6 Å². The minimum atomic E-state index is -0.666. The molecule has 0 radical (unpaired) electrons. The fourth-order valence-corrected chi connectivity index (χ4v) is 6.31. The van der Waals surface area contributed by atoms with Crippen LogP contribution in [0.5, 0.6) is 0 Å². The maximum atomic E-state index is 11.9. The Balaban J connectivity index is 1.66. The zero-order valence-electron chi connectivity index (χ0n) is 16.3. The predicted octanol–water partition coefficient (Wildman–Crippen LogP) is 1.56. The van der Waals surface area contributed by atoms with Crippen LogP contribution in [-0.4, -0.2) is 58.9 Å². The van der Waals surface area contributed by atoms with Crippen LogP contribution in [0.3, 0.4) is 0 Å².